The number of rotatable bonds is 10. The van der Waals surface area contributed by atoms with E-state index in [9.17, 15) is 14.4 Å². The van der Waals surface area contributed by atoms with Gasteiger partial charge in [0.25, 0.3) is 5.56 Å². The largest absolute Gasteiger partial charge is 0.497 e. The average molecular weight is 525 g/mol. The van der Waals surface area contributed by atoms with Crippen LogP contribution >= 0.6 is 11.8 Å². The minimum Gasteiger partial charge on any atom is -0.497 e. The quantitative estimate of drug-likeness (QED) is 0.264. The van der Waals surface area contributed by atoms with Crippen LogP contribution < -0.4 is 30.8 Å². The predicted octanol–water partition coefficient (Wildman–Crippen LogP) is 1.99. The number of benzene rings is 2. The number of nitrogens with one attached hydrogen (secondary N) is 3. The van der Waals surface area contributed by atoms with Crippen molar-refractivity contribution in [1.29, 1.82) is 0 Å². The van der Waals surface area contributed by atoms with Crippen LogP contribution in [0.4, 0.5) is 5.69 Å². The molecular weight excluding hydrogens is 500 g/mol. The molecule has 3 N–H and O–H groups in total. The molecule has 0 fully saturated rings. The van der Waals surface area contributed by atoms with Gasteiger partial charge in [-0.1, -0.05) is 11.8 Å². The van der Waals surface area contributed by atoms with Gasteiger partial charge in [-0.05, 0) is 36.4 Å². The minimum absolute atomic E-state index is 0.0461. The van der Waals surface area contributed by atoms with E-state index < -0.39 is 11.2 Å². The van der Waals surface area contributed by atoms with Gasteiger partial charge in [0.2, 0.25) is 5.91 Å². The Balaban J connectivity index is 1.57. The third-order valence-electron chi connectivity index (χ3n) is 5.20. The fraction of sp³-hybridized carbons (Fsp3) is 0.208. The molecule has 0 aliphatic rings. The topological polar surface area (TPSA) is 153 Å². The molecule has 13 heteroatoms. The van der Waals surface area contributed by atoms with Crippen LogP contribution in [-0.2, 0) is 11.2 Å². The van der Waals surface area contributed by atoms with E-state index in [1.807, 2.05) is 12.1 Å². The lowest BCUT2D eigenvalue weighted by Crippen LogP contribution is -2.23. The number of hydrogen-bond acceptors (Lipinski definition) is 9. The van der Waals surface area contributed by atoms with Crippen LogP contribution in [0.25, 0.3) is 5.69 Å². The molecule has 4 rings (SSSR count). The van der Waals surface area contributed by atoms with E-state index in [1.54, 1.807) is 42.0 Å². The maximum atomic E-state index is 12.7. The minimum atomic E-state index is -0.612. The molecule has 12 nitrogen and oxygen atoms in total. The summed E-state index contributed by atoms with van der Waals surface area (Å²) in [6.45, 7) is 0. The molecule has 1 amide bonds. The van der Waals surface area contributed by atoms with Crippen LogP contribution in [0, 0.1) is 0 Å². The fourth-order valence-electron chi connectivity index (χ4n) is 3.53. The number of ether oxygens (including phenoxy) is 3. The van der Waals surface area contributed by atoms with Crippen LogP contribution in [0.15, 0.2) is 63.3 Å². The van der Waals surface area contributed by atoms with Gasteiger partial charge in [0, 0.05) is 35.6 Å². The molecule has 0 radical (unpaired) electrons. The van der Waals surface area contributed by atoms with Crippen LogP contribution in [0.5, 0.6) is 17.2 Å². The van der Waals surface area contributed by atoms with Crippen molar-refractivity contribution in [2.75, 3.05) is 32.4 Å². The highest BCUT2D eigenvalue weighted by Crippen LogP contribution is 2.30. The lowest BCUT2D eigenvalue weighted by molar-refractivity contribution is -0.113. The molecule has 0 saturated carbocycles. The van der Waals surface area contributed by atoms with Gasteiger partial charge in [0.05, 0.1) is 27.1 Å². The number of hydrogen-bond donors (Lipinski definition) is 3. The summed E-state index contributed by atoms with van der Waals surface area (Å²) in [6, 6.07) is 13.6. The zero-order valence-electron chi connectivity index (χ0n) is 20.2. The highest BCUT2D eigenvalue weighted by Gasteiger charge is 2.18. The third-order valence-corrected chi connectivity index (χ3v) is 6.12. The van der Waals surface area contributed by atoms with Crippen molar-refractivity contribution in [3.63, 3.8) is 0 Å². The van der Waals surface area contributed by atoms with Crippen LogP contribution in [-0.4, -0.2) is 57.7 Å². The average Bonchev–Trinajstić information content (AvgIpc) is 3.28. The number of anilines is 1. The first kappa shape index (κ1) is 25.6. The second kappa shape index (κ2) is 11.5. The highest BCUT2D eigenvalue weighted by molar-refractivity contribution is 7.99. The molecule has 192 valence electrons. The highest BCUT2D eigenvalue weighted by atomic mass is 32.2. The normalized spacial score (nSPS) is 10.7. The molecule has 0 atom stereocenters. The number of aromatic amines is 2. The summed E-state index contributed by atoms with van der Waals surface area (Å²) in [4.78, 5) is 40.9. The lowest BCUT2D eigenvalue weighted by Gasteiger charge is -2.12. The molecule has 0 saturated heterocycles. The van der Waals surface area contributed by atoms with Crippen molar-refractivity contribution in [2.45, 2.75) is 11.6 Å². The lowest BCUT2D eigenvalue weighted by atomic mass is 10.2. The molecule has 0 aliphatic carbocycles. The molecule has 0 unspecified atom stereocenters. The van der Waals surface area contributed by atoms with Gasteiger partial charge in [-0.2, -0.15) is 0 Å². The van der Waals surface area contributed by atoms with Crippen molar-refractivity contribution in [1.82, 2.24) is 24.7 Å². The van der Waals surface area contributed by atoms with Gasteiger partial charge in [-0.15, -0.1) is 10.2 Å². The van der Waals surface area contributed by atoms with Crippen molar-refractivity contribution in [3.05, 3.63) is 80.9 Å². The van der Waals surface area contributed by atoms with Crippen LogP contribution in [0.2, 0.25) is 0 Å². The number of methoxy groups -OCH3 is 3. The van der Waals surface area contributed by atoms with Gasteiger partial charge >= 0.3 is 5.69 Å². The molecule has 2 heterocycles. The van der Waals surface area contributed by atoms with E-state index in [0.29, 0.717) is 39.6 Å². The maximum absolute atomic E-state index is 12.7. The Morgan fingerprint density at radius 3 is 2.38 bits per heavy atom. The molecule has 4 aromatic rings. The zero-order valence-corrected chi connectivity index (χ0v) is 21.0. The number of amides is 1. The molecule has 0 spiro atoms. The fourth-order valence-corrected chi connectivity index (χ4v) is 4.30. The number of aromatic nitrogens is 5. The third kappa shape index (κ3) is 6.19. The van der Waals surface area contributed by atoms with Gasteiger partial charge in [-0.25, -0.2) is 4.79 Å². The summed E-state index contributed by atoms with van der Waals surface area (Å²) in [5.41, 5.74) is 0.517. The first-order valence-corrected chi connectivity index (χ1v) is 11.9. The maximum Gasteiger partial charge on any atom is 0.325 e. The second-order valence-electron chi connectivity index (χ2n) is 7.63. The molecular formula is C24H24N6O6S. The summed E-state index contributed by atoms with van der Waals surface area (Å²) in [7, 11) is 4.62. The summed E-state index contributed by atoms with van der Waals surface area (Å²) in [6.07, 6.45) is 0.136. The summed E-state index contributed by atoms with van der Waals surface area (Å²) in [5, 5.41) is 11.8. The predicted molar refractivity (Wildman–Crippen MR) is 137 cm³/mol. The number of carbonyl (C=O) groups is 1. The standard InChI is InChI=1S/C24H24N6O6S/c1-34-17-7-5-16(6-8-17)30-20(11-15-12-21(31)27-23(33)26-15)28-29-24(30)37-13-22(32)25-14-4-9-18(35-2)19(10-14)36-3/h4-10,12H,11,13H2,1-3H3,(H,25,32)(H2,26,27,31,33). The zero-order chi connectivity index (χ0) is 26.4. The Kier molecular flexibility index (Phi) is 7.93. The van der Waals surface area contributed by atoms with Gasteiger partial charge < -0.3 is 24.5 Å². The number of carbonyl (C=O) groups excluding carboxylic acids is 1. The smallest absolute Gasteiger partial charge is 0.325 e. The van der Waals surface area contributed by atoms with E-state index in [-0.39, 0.29) is 18.1 Å². The Morgan fingerprint density at radius 1 is 0.946 bits per heavy atom. The van der Waals surface area contributed by atoms with E-state index in [0.717, 1.165) is 5.69 Å². The Bertz CT molecular complexity index is 1480. The molecule has 0 aliphatic heterocycles. The Labute approximate surface area is 215 Å². The number of H-pyrrole nitrogens is 2. The van der Waals surface area contributed by atoms with E-state index in [2.05, 4.69) is 25.5 Å². The van der Waals surface area contributed by atoms with Crippen molar-refractivity contribution in [3.8, 4) is 22.9 Å². The first-order valence-electron chi connectivity index (χ1n) is 11.0. The SMILES string of the molecule is COc1ccc(-n2c(Cc3cc(=O)[nH]c(=O)[nH]3)nnc2SCC(=O)Nc2ccc(OC)c(OC)c2)cc1. The van der Waals surface area contributed by atoms with Gasteiger partial charge in [-0.3, -0.25) is 19.1 Å². The van der Waals surface area contributed by atoms with E-state index in [4.69, 9.17) is 14.2 Å². The van der Waals surface area contributed by atoms with Crippen LogP contribution in [0.3, 0.4) is 0 Å². The second-order valence-corrected chi connectivity index (χ2v) is 8.57. The number of nitrogens with zero attached hydrogens (tertiary/aromatic N) is 3. The van der Waals surface area contributed by atoms with Crippen molar-refractivity contribution >= 4 is 23.4 Å². The molecule has 2 aromatic heterocycles. The molecule has 0 bridgehead atoms. The summed E-state index contributed by atoms with van der Waals surface area (Å²) in [5.74, 6) is 1.97. The van der Waals surface area contributed by atoms with Crippen molar-refractivity contribution in [2.24, 2.45) is 0 Å². The Morgan fingerprint density at radius 2 is 1.70 bits per heavy atom. The molecule has 37 heavy (non-hydrogen) atoms. The first-order chi connectivity index (χ1) is 17.9. The van der Waals surface area contributed by atoms with Gasteiger partial charge in [0.1, 0.15) is 11.6 Å². The van der Waals surface area contributed by atoms with Crippen molar-refractivity contribution < 1.29 is 19.0 Å². The monoisotopic (exact) mass is 524 g/mol. The summed E-state index contributed by atoms with van der Waals surface area (Å²) < 4.78 is 17.5. The van der Waals surface area contributed by atoms with Crippen LogP contribution in [0.1, 0.15) is 11.5 Å². The number of thioether (sulfide) groups is 1. The van der Waals surface area contributed by atoms with Gasteiger partial charge in [0.15, 0.2) is 16.7 Å². The Hall–Kier alpha value is -4.52. The van der Waals surface area contributed by atoms with E-state index in [1.165, 1.54) is 32.0 Å². The summed E-state index contributed by atoms with van der Waals surface area (Å²) >= 11 is 1.18. The van der Waals surface area contributed by atoms with E-state index >= 15 is 0 Å². The molecule has 2 aromatic carbocycles.